The maximum Gasteiger partial charge on any atom is 0.182 e. The van der Waals surface area contributed by atoms with Crippen LogP contribution < -0.4 is 5.32 Å². The fourth-order valence-corrected chi connectivity index (χ4v) is 1.65. The first-order valence-corrected chi connectivity index (χ1v) is 5.61. The van der Waals surface area contributed by atoms with Crippen LogP contribution in [0.5, 0.6) is 0 Å². The number of hydrogen-bond acceptors (Lipinski definition) is 2. The van der Waals surface area contributed by atoms with Crippen LogP contribution in [0.2, 0.25) is 0 Å². The molecule has 0 atom stereocenters. The molecule has 0 heterocycles. The number of rotatable bonds is 3. The molecule has 2 nitrogen and oxygen atoms in total. The van der Waals surface area contributed by atoms with E-state index >= 15 is 0 Å². The number of carbonyl (C=O) groups excluding carboxylic acids is 1. The number of hydrogen-bond donors (Lipinski definition) is 1. The Bertz CT molecular complexity index is 419. The van der Waals surface area contributed by atoms with Gasteiger partial charge in [0.05, 0.1) is 5.54 Å². The van der Waals surface area contributed by atoms with Crippen molar-refractivity contribution in [2.45, 2.75) is 40.2 Å². The Morgan fingerprint density at radius 1 is 1.12 bits per heavy atom. The Balaban J connectivity index is 3.26. The lowest BCUT2D eigenvalue weighted by atomic mass is 9.88. The summed E-state index contributed by atoms with van der Waals surface area (Å²) in [6.45, 7) is 9.96. The summed E-state index contributed by atoms with van der Waals surface area (Å²) < 4.78 is 0. The fourth-order valence-electron chi connectivity index (χ4n) is 1.65. The van der Waals surface area contributed by atoms with Gasteiger partial charge in [-0.15, -0.1) is 0 Å². The topological polar surface area (TPSA) is 29.1 Å². The monoisotopic (exact) mass is 219 g/mol. The van der Waals surface area contributed by atoms with Crippen molar-refractivity contribution in [2.75, 3.05) is 7.05 Å². The van der Waals surface area contributed by atoms with Gasteiger partial charge in [0.25, 0.3) is 0 Å². The van der Waals surface area contributed by atoms with E-state index < -0.39 is 5.54 Å². The quantitative estimate of drug-likeness (QED) is 0.792. The van der Waals surface area contributed by atoms with Crippen LogP contribution in [0.3, 0.4) is 0 Å². The molecule has 88 valence electrons. The minimum Gasteiger partial charge on any atom is -0.308 e. The third-order valence-corrected chi connectivity index (χ3v) is 3.50. The van der Waals surface area contributed by atoms with Gasteiger partial charge in [0.15, 0.2) is 5.78 Å². The predicted octanol–water partition coefficient (Wildman–Crippen LogP) is 2.79. The zero-order valence-electron chi connectivity index (χ0n) is 11.1. The zero-order valence-corrected chi connectivity index (χ0v) is 11.1. The maximum atomic E-state index is 12.3. The van der Waals surface area contributed by atoms with Gasteiger partial charge in [-0.1, -0.05) is 12.1 Å². The van der Waals surface area contributed by atoms with Gasteiger partial charge < -0.3 is 5.32 Å². The molecule has 1 aromatic carbocycles. The summed E-state index contributed by atoms with van der Waals surface area (Å²) in [5, 5.41) is 3.05. The van der Waals surface area contributed by atoms with Crippen LogP contribution in [0.4, 0.5) is 0 Å². The molecular weight excluding hydrogens is 198 g/mol. The molecule has 0 saturated heterocycles. The van der Waals surface area contributed by atoms with E-state index in [1.54, 1.807) is 0 Å². The van der Waals surface area contributed by atoms with E-state index in [0.717, 1.165) is 11.1 Å². The van der Waals surface area contributed by atoms with E-state index in [2.05, 4.69) is 19.2 Å². The van der Waals surface area contributed by atoms with Gasteiger partial charge in [0, 0.05) is 5.56 Å². The molecule has 2 heteroatoms. The average Bonchev–Trinajstić information content (AvgIpc) is 2.25. The first kappa shape index (κ1) is 12.9. The lowest BCUT2D eigenvalue weighted by Crippen LogP contribution is -2.44. The SMILES string of the molecule is CNC(C)(C)C(=O)c1ccc(C)c(C)c1C. The molecule has 16 heavy (non-hydrogen) atoms. The predicted molar refractivity (Wildman–Crippen MR) is 68.1 cm³/mol. The first-order valence-electron chi connectivity index (χ1n) is 5.61. The average molecular weight is 219 g/mol. The van der Waals surface area contributed by atoms with Gasteiger partial charge in [0.2, 0.25) is 0 Å². The van der Waals surface area contributed by atoms with Crippen molar-refractivity contribution in [2.24, 2.45) is 0 Å². The van der Waals surface area contributed by atoms with E-state index in [0.29, 0.717) is 0 Å². The highest BCUT2D eigenvalue weighted by molar-refractivity contribution is 6.04. The Hall–Kier alpha value is -1.15. The van der Waals surface area contributed by atoms with Gasteiger partial charge in [-0.2, -0.15) is 0 Å². The normalized spacial score (nSPS) is 11.6. The minimum absolute atomic E-state index is 0.149. The molecule has 0 aliphatic carbocycles. The second kappa shape index (κ2) is 4.38. The summed E-state index contributed by atoms with van der Waals surface area (Å²) in [6, 6.07) is 3.94. The number of benzene rings is 1. The standard InChI is InChI=1S/C14H21NO/c1-9-7-8-12(11(3)10(9)2)13(16)14(4,5)15-6/h7-8,15H,1-6H3. The van der Waals surface area contributed by atoms with Gasteiger partial charge >= 0.3 is 0 Å². The summed E-state index contributed by atoms with van der Waals surface area (Å²) in [6.07, 6.45) is 0. The van der Waals surface area contributed by atoms with Crippen LogP contribution in [0.1, 0.15) is 40.9 Å². The van der Waals surface area contributed by atoms with Gasteiger partial charge in [0.1, 0.15) is 0 Å². The highest BCUT2D eigenvalue weighted by Crippen LogP contribution is 2.21. The van der Waals surface area contributed by atoms with Crippen LogP contribution >= 0.6 is 0 Å². The van der Waals surface area contributed by atoms with E-state index in [1.807, 2.05) is 40.0 Å². The molecule has 0 fully saturated rings. The van der Waals surface area contributed by atoms with Crippen molar-refractivity contribution in [1.29, 1.82) is 0 Å². The van der Waals surface area contributed by atoms with Crippen molar-refractivity contribution in [3.63, 3.8) is 0 Å². The number of likely N-dealkylation sites (N-methyl/N-ethyl adjacent to an activating group) is 1. The van der Waals surface area contributed by atoms with E-state index in [1.165, 1.54) is 11.1 Å². The highest BCUT2D eigenvalue weighted by Gasteiger charge is 2.27. The van der Waals surface area contributed by atoms with Crippen molar-refractivity contribution in [3.05, 3.63) is 34.4 Å². The molecule has 0 bridgehead atoms. The third kappa shape index (κ3) is 2.17. The summed E-state index contributed by atoms with van der Waals surface area (Å²) in [4.78, 5) is 12.3. The molecule has 0 aliphatic heterocycles. The summed E-state index contributed by atoms with van der Waals surface area (Å²) in [5.41, 5.74) is 3.84. The summed E-state index contributed by atoms with van der Waals surface area (Å²) in [5.74, 6) is 0.149. The number of ketones is 1. The Kier molecular flexibility index (Phi) is 3.54. The largest absolute Gasteiger partial charge is 0.308 e. The number of aryl methyl sites for hydroxylation is 1. The number of carbonyl (C=O) groups is 1. The smallest absolute Gasteiger partial charge is 0.182 e. The second-order valence-corrected chi connectivity index (χ2v) is 4.88. The van der Waals surface area contributed by atoms with Crippen LogP contribution in [0.15, 0.2) is 12.1 Å². The van der Waals surface area contributed by atoms with Crippen molar-refractivity contribution >= 4 is 5.78 Å². The van der Waals surface area contributed by atoms with Crippen molar-refractivity contribution < 1.29 is 4.79 Å². The van der Waals surface area contributed by atoms with Gasteiger partial charge in [-0.3, -0.25) is 4.79 Å². The molecule has 0 spiro atoms. The van der Waals surface area contributed by atoms with Crippen molar-refractivity contribution in [3.8, 4) is 0 Å². The van der Waals surface area contributed by atoms with E-state index in [-0.39, 0.29) is 5.78 Å². The van der Waals surface area contributed by atoms with E-state index in [4.69, 9.17) is 0 Å². The molecule has 1 aromatic rings. The lowest BCUT2D eigenvalue weighted by molar-refractivity contribution is 0.0889. The maximum absolute atomic E-state index is 12.3. The second-order valence-electron chi connectivity index (χ2n) is 4.88. The molecule has 0 saturated carbocycles. The highest BCUT2D eigenvalue weighted by atomic mass is 16.1. The van der Waals surface area contributed by atoms with Crippen LogP contribution in [-0.2, 0) is 0 Å². The molecule has 1 N–H and O–H groups in total. The Morgan fingerprint density at radius 3 is 2.19 bits per heavy atom. The Labute approximate surface area is 98.1 Å². The summed E-state index contributed by atoms with van der Waals surface area (Å²) >= 11 is 0. The first-order chi connectivity index (χ1) is 7.31. The number of nitrogens with one attached hydrogen (secondary N) is 1. The summed E-state index contributed by atoms with van der Waals surface area (Å²) in [7, 11) is 1.81. The van der Waals surface area contributed by atoms with Crippen LogP contribution in [0.25, 0.3) is 0 Å². The fraction of sp³-hybridized carbons (Fsp3) is 0.500. The number of Topliss-reactive ketones (excluding diaryl/α,β-unsaturated/α-hetero) is 1. The van der Waals surface area contributed by atoms with Gasteiger partial charge in [-0.05, 0) is 58.4 Å². The molecule has 0 amide bonds. The molecule has 0 radical (unpaired) electrons. The van der Waals surface area contributed by atoms with Crippen LogP contribution in [-0.4, -0.2) is 18.4 Å². The van der Waals surface area contributed by atoms with Gasteiger partial charge in [-0.25, -0.2) is 0 Å². The Morgan fingerprint density at radius 2 is 1.69 bits per heavy atom. The molecule has 1 rings (SSSR count). The van der Waals surface area contributed by atoms with Crippen molar-refractivity contribution in [1.82, 2.24) is 5.32 Å². The zero-order chi connectivity index (χ0) is 12.5. The molecule has 0 aliphatic rings. The lowest BCUT2D eigenvalue weighted by Gasteiger charge is -2.24. The molecule has 0 aromatic heterocycles. The van der Waals surface area contributed by atoms with Crippen LogP contribution in [0, 0.1) is 20.8 Å². The van der Waals surface area contributed by atoms with E-state index in [9.17, 15) is 4.79 Å². The third-order valence-electron chi connectivity index (χ3n) is 3.50. The molecule has 0 unspecified atom stereocenters. The minimum atomic E-state index is -0.507. The molecular formula is C14H21NO.